The number of nitrogens with zero attached hydrogens (tertiary/aromatic N) is 1. The summed E-state index contributed by atoms with van der Waals surface area (Å²) in [6, 6.07) is 8.90. The van der Waals surface area contributed by atoms with Gasteiger partial charge in [-0.05, 0) is 39.2 Å². The third-order valence-electron chi connectivity index (χ3n) is 5.13. The van der Waals surface area contributed by atoms with Gasteiger partial charge in [0.25, 0.3) is 5.91 Å². The Morgan fingerprint density at radius 3 is 2.50 bits per heavy atom. The molecule has 0 spiro atoms. The summed E-state index contributed by atoms with van der Waals surface area (Å²) in [6.07, 6.45) is 1.20. The molecule has 0 saturated carbocycles. The van der Waals surface area contributed by atoms with Gasteiger partial charge in [-0.2, -0.15) is 0 Å². The fourth-order valence-electron chi connectivity index (χ4n) is 3.76. The molecule has 3 atom stereocenters. The monoisotopic (exact) mass is 389 g/mol. The van der Waals surface area contributed by atoms with Gasteiger partial charge in [-0.3, -0.25) is 4.79 Å². The maximum absolute atomic E-state index is 13.5. The van der Waals surface area contributed by atoms with E-state index < -0.39 is 35.3 Å². The normalized spacial score (nSPS) is 22.4. The predicted molar refractivity (Wildman–Crippen MR) is 106 cm³/mol. The Labute approximate surface area is 167 Å². The van der Waals surface area contributed by atoms with Crippen molar-refractivity contribution in [1.29, 1.82) is 0 Å². The number of aliphatic hydroxyl groups is 1. The van der Waals surface area contributed by atoms with Crippen LogP contribution in [0, 0.1) is 5.92 Å². The highest BCUT2D eigenvalue weighted by Crippen LogP contribution is 2.37. The number of cyclic esters (lactones) is 1. The number of allylic oxidation sites excluding steroid dienone is 1. The van der Waals surface area contributed by atoms with Gasteiger partial charge in [-0.1, -0.05) is 56.3 Å². The Morgan fingerprint density at radius 1 is 1.36 bits per heavy atom. The van der Waals surface area contributed by atoms with Crippen molar-refractivity contribution in [3.63, 3.8) is 0 Å². The molecule has 0 radical (unpaired) electrons. The van der Waals surface area contributed by atoms with E-state index in [0.29, 0.717) is 0 Å². The Hall–Kier alpha value is -2.18. The molecule has 1 saturated heterocycles. The fraction of sp³-hybridized carbons (Fsp3) is 0.545. The number of benzene rings is 1. The second-order valence-electron chi connectivity index (χ2n) is 8.19. The van der Waals surface area contributed by atoms with Gasteiger partial charge in [-0.25, -0.2) is 9.69 Å². The van der Waals surface area contributed by atoms with Crippen molar-refractivity contribution < 1.29 is 24.2 Å². The van der Waals surface area contributed by atoms with E-state index in [1.54, 1.807) is 26.8 Å². The van der Waals surface area contributed by atoms with Gasteiger partial charge in [0.2, 0.25) is 0 Å². The van der Waals surface area contributed by atoms with Crippen LogP contribution in [0.2, 0.25) is 0 Å². The number of hydrogen-bond donors (Lipinski definition) is 1. The summed E-state index contributed by atoms with van der Waals surface area (Å²) in [6.45, 7) is 10.8. The molecule has 0 bridgehead atoms. The van der Waals surface area contributed by atoms with Crippen molar-refractivity contribution in [2.45, 2.75) is 71.5 Å². The standard InChI is InChI=1S/C22H31NO5/c1-7-11-17(24)22(6,27-14-16-12-9-8-10-13-16)19(25)23-18(15(2)3)21(4,5)28-20(23)26/h7-13,15,17-18,24H,14H2,1-6H3/b11-7+/t17-,18-,22-/m0/s1. The number of amides is 2. The van der Waals surface area contributed by atoms with E-state index >= 15 is 0 Å². The highest BCUT2D eigenvalue weighted by molar-refractivity contribution is 5.99. The van der Waals surface area contributed by atoms with Crippen LogP contribution in [0.25, 0.3) is 0 Å². The van der Waals surface area contributed by atoms with Crippen molar-refractivity contribution in [2.75, 3.05) is 0 Å². The van der Waals surface area contributed by atoms with Crippen molar-refractivity contribution >= 4 is 12.0 Å². The zero-order valence-corrected chi connectivity index (χ0v) is 17.5. The van der Waals surface area contributed by atoms with Crippen LogP contribution in [0.3, 0.4) is 0 Å². The summed E-state index contributed by atoms with van der Waals surface area (Å²) in [5.74, 6) is -0.633. The summed E-state index contributed by atoms with van der Waals surface area (Å²) in [7, 11) is 0. The van der Waals surface area contributed by atoms with E-state index in [9.17, 15) is 14.7 Å². The van der Waals surface area contributed by atoms with Crippen LogP contribution in [-0.4, -0.2) is 45.4 Å². The topological polar surface area (TPSA) is 76.1 Å². The second kappa shape index (κ2) is 8.45. The van der Waals surface area contributed by atoms with Crippen LogP contribution in [-0.2, 0) is 20.9 Å². The molecule has 1 fully saturated rings. The molecule has 6 nitrogen and oxygen atoms in total. The molecule has 28 heavy (non-hydrogen) atoms. The van der Waals surface area contributed by atoms with E-state index in [4.69, 9.17) is 9.47 Å². The summed E-state index contributed by atoms with van der Waals surface area (Å²) in [5, 5.41) is 10.7. The lowest BCUT2D eigenvalue weighted by atomic mass is 9.87. The molecule has 1 heterocycles. The molecule has 0 aliphatic carbocycles. The first-order valence-corrected chi connectivity index (χ1v) is 9.60. The fourth-order valence-corrected chi connectivity index (χ4v) is 3.76. The Balaban J connectivity index is 2.39. The zero-order valence-electron chi connectivity index (χ0n) is 17.5. The minimum atomic E-state index is -1.64. The van der Waals surface area contributed by atoms with Crippen molar-refractivity contribution in [3.8, 4) is 0 Å². The third-order valence-corrected chi connectivity index (χ3v) is 5.13. The van der Waals surface area contributed by atoms with E-state index in [-0.39, 0.29) is 12.5 Å². The molecule has 2 rings (SSSR count). The number of rotatable bonds is 7. The van der Waals surface area contributed by atoms with Crippen LogP contribution in [0.1, 0.15) is 47.1 Å². The lowest BCUT2D eigenvalue weighted by Gasteiger charge is -2.38. The molecule has 154 valence electrons. The van der Waals surface area contributed by atoms with Crippen LogP contribution in [0.4, 0.5) is 4.79 Å². The molecule has 1 N–H and O–H groups in total. The van der Waals surface area contributed by atoms with E-state index in [1.807, 2.05) is 44.2 Å². The molecule has 2 amide bonds. The highest BCUT2D eigenvalue weighted by atomic mass is 16.6. The van der Waals surface area contributed by atoms with Crippen molar-refractivity contribution in [3.05, 3.63) is 48.0 Å². The molecule has 0 aromatic heterocycles. The molecule has 6 heteroatoms. The van der Waals surface area contributed by atoms with Crippen LogP contribution in [0.15, 0.2) is 42.5 Å². The van der Waals surface area contributed by atoms with E-state index in [1.165, 1.54) is 13.0 Å². The van der Waals surface area contributed by atoms with Gasteiger partial charge in [-0.15, -0.1) is 0 Å². The quantitative estimate of drug-likeness (QED) is 0.720. The number of ether oxygens (including phenoxy) is 2. The maximum Gasteiger partial charge on any atom is 0.417 e. The highest BCUT2D eigenvalue weighted by Gasteiger charge is 2.57. The van der Waals surface area contributed by atoms with Crippen molar-refractivity contribution in [1.82, 2.24) is 4.90 Å². The largest absolute Gasteiger partial charge is 0.441 e. The van der Waals surface area contributed by atoms with E-state index in [2.05, 4.69) is 0 Å². The predicted octanol–water partition coefficient (Wildman–Crippen LogP) is 3.68. The van der Waals surface area contributed by atoms with Gasteiger partial charge in [0.15, 0.2) is 5.60 Å². The van der Waals surface area contributed by atoms with Crippen LogP contribution < -0.4 is 0 Å². The van der Waals surface area contributed by atoms with Crippen LogP contribution >= 0.6 is 0 Å². The maximum atomic E-state index is 13.5. The Kier molecular flexibility index (Phi) is 6.67. The summed E-state index contributed by atoms with van der Waals surface area (Å²) >= 11 is 0. The van der Waals surface area contributed by atoms with Gasteiger partial charge >= 0.3 is 6.09 Å². The average molecular weight is 389 g/mol. The minimum absolute atomic E-state index is 0.0253. The molecule has 1 aliphatic rings. The first-order chi connectivity index (χ1) is 13.0. The van der Waals surface area contributed by atoms with Gasteiger partial charge < -0.3 is 14.6 Å². The summed E-state index contributed by atoms with van der Waals surface area (Å²) in [4.78, 5) is 27.2. The van der Waals surface area contributed by atoms with Gasteiger partial charge in [0, 0.05) is 0 Å². The summed E-state index contributed by atoms with van der Waals surface area (Å²) in [5.41, 5.74) is -1.61. The lowest BCUT2D eigenvalue weighted by Crippen LogP contribution is -2.59. The number of carbonyl (C=O) groups is 2. The Bertz CT molecular complexity index is 728. The molecular formula is C22H31NO5. The van der Waals surface area contributed by atoms with Crippen molar-refractivity contribution in [2.24, 2.45) is 5.92 Å². The number of aliphatic hydroxyl groups excluding tert-OH is 1. The Morgan fingerprint density at radius 2 is 1.96 bits per heavy atom. The smallest absolute Gasteiger partial charge is 0.417 e. The molecular weight excluding hydrogens is 358 g/mol. The number of imide groups is 1. The first kappa shape index (κ1) is 22.1. The minimum Gasteiger partial charge on any atom is -0.441 e. The molecule has 1 aromatic rings. The second-order valence-corrected chi connectivity index (χ2v) is 8.19. The SMILES string of the molecule is C/C=C/[C@H](O)[C@](C)(OCc1ccccc1)C(=O)N1C(=O)OC(C)(C)[C@@H]1C(C)C. The molecule has 1 aliphatic heterocycles. The zero-order chi connectivity index (χ0) is 21.1. The first-order valence-electron chi connectivity index (χ1n) is 9.60. The lowest BCUT2D eigenvalue weighted by molar-refractivity contribution is -0.169. The third kappa shape index (κ3) is 4.28. The molecule has 0 unspecified atom stereocenters. The summed E-state index contributed by atoms with van der Waals surface area (Å²) < 4.78 is 11.4. The van der Waals surface area contributed by atoms with Crippen LogP contribution in [0.5, 0.6) is 0 Å². The number of carbonyl (C=O) groups excluding carboxylic acids is 2. The van der Waals surface area contributed by atoms with Gasteiger partial charge in [0.05, 0.1) is 12.6 Å². The van der Waals surface area contributed by atoms with Gasteiger partial charge in [0.1, 0.15) is 11.7 Å². The number of hydrogen-bond acceptors (Lipinski definition) is 5. The molecule has 1 aromatic carbocycles. The van der Waals surface area contributed by atoms with E-state index in [0.717, 1.165) is 10.5 Å². The average Bonchev–Trinajstić information content (AvgIpc) is 2.88.